The number of nitrogens with zero attached hydrogens (tertiary/aromatic N) is 1. The predicted molar refractivity (Wildman–Crippen MR) is 65.8 cm³/mol. The minimum absolute atomic E-state index is 0.0813. The molecule has 0 aliphatic heterocycles. The van der Waals surface area contributed by atoms with E-state index in [4.69, 9.17) is 11.6 Å². The second kappa shape index (κ2) is 5.05. The van der Waals surface area contributed by atoms with Crippen molar-refractivity contribution in [1.82, 2.24) is 4.90 Å². The van der Waals surface area contributed by atoms with Crippen LogP contribution in [0.15, 0.2) is 18.2 Å². The normalized spacial score (nSPS) is 14.8. The van der Waals surface area contributed by atoms with E-state index in [1.807, 2.05) is 6.92 Å². The molecule has 4 heteroatoms. The van der Waals surface area contributed by atoms with E-state index in [-0.39, 0.29) is 11.5 Å². The van der Waals surface area contributed by atoms with Crippen LogP contribution in [0.25, 0.3) is 0 Å². The minimum Gasteiger partial charge on any atom is -0.336 e. The lowest BCUT2D eigenvalue weighted by Crippen LogP contribution is -2.34. The molecule has 1 aromatic carbocycles. The summed E-state index contributed by atoms with van der Waals surface area (Å²) in [6, 6.07) is 4.40. The maximum absolute atomic E-state index is 13.6. The lowest BCUT2D eigenvalue weighted by Gasteiger charge is -2.22. The summed E-state index contributed by atoms with van der Waals surface area (Å²) in [7, 11) is 0. The molecule has 1 aromatic rings. The Morgan fingerprint density at radius 1 is 1.53 bits per heavy atom. The highest BCUT2D eigenvalue weighted by atomic mass is 35.5. The number of hydrogen-bond donors (Lipinski definition) is 0. The molecule has 1 saturated carbocycles. The number of carbonyl (C=O) groups excluding carboxylic acids is 1. The molecule has 1 amide bonds. The van der Waals surface area contributed by atoms with Crippen molar-refractivity contribution in [3.05, 3.63) is 34.6 Å². The van der Waals surface area contributed by atoms with Crippen molar-refractivity contribution in [3.8, 4) is 0 Å². The van der Waals surface area contributed by atoms with Gasteiger partial charge in [-0.05, 0) is 37.5 Å². The summed E-state index contributed by atoms with van der Waals surface area (Å²) in [6.45, 7) is 2.69. The first-order valence-corrected chi connectivity index (χ1v) is 6.27. The van der Waals surface area contributed by atoms with E-state index in [1.165, 1.54) is 18.2 Å². The zero-order valence-electron chi connectivity index (χ0n) is 9.75. The van der Waals surface area contributed by atoms with E-state index >= 15 is 0 Å². The van der Waals surface area contributed by atoms with E-state index in [0.717, 1.165) is 19.3 Å². The van der Waals surface area contributed by atoms with Gasteiger partial charge in [0.25, 0.3) is 5.91 Å². The van der Waals surface area contributed by atoms with Crippen LogP contribution in [-0.2, 0) is 0 Å². The Balaban J connectivity index is 2.24. The number of halogens is 2. The van der Waals surface area contributed by atoms with Crippen LogP contribution in [0.4, 0.5) is 4.39 Å². The molecule has 0 saturated heterocycles. The van der Waals surface area contributed by atoms with Crippen molar-refractivity contribution in [2.45, 2.75) is 32.2 Å². The molecule has 0 unspecified atom stereocenters. The molecule has 0 bridgehead atoms. The highest BCUT2D eigenvalue weighted by molar-refractivity contribution is 6.31. The van der Waals surface area contributed by atoms with E-state index in [1.54, 1.807) is 4.90 Å². The molecule has 0 aromatic heterocycles. The van der Waals surface area contributed by atoms with Crippen LogP contribution in [0.5, 0.6) is 0 Å². The molecular weight excluding hydrogens is 241 g/mol. The van der Waals surface area contributed by atoms with Crippen molar-refractivity contribution in [3.63, 3.8) is 0 Å². The second-order valence-corrected chi connectivity index (χ2v) is 4.79. The molecule has 0 radical (unpaired) electrons. The average Bonchev–Trinajstić information content (AvgIpc) is 3.12. The maximum atomic E-state index is 13.6. The van der Waals surface area contributed by atoms with Gasteiger partial charge in [0, 0.05) is 17.6 Å². The van der Waals surface area contributed by atoms with Crippen LogP contribution >= 0.6 is 11.6 Å². The van der Waals surface area contributed by atoms with Crippen molar-refractivity contribution in [2.75, 3.05) is 6.54 Å². The fraction of sp³-hybridized carbons (Fsp3) is 0.462. The van der Waals surface area contributed by atoms with Crippen LogP contribution < -0.4 is 0 Å². The van der Waals surface area contributed by atoms with Gasteiger partial charge < -0.3 is 4.90 Å². The molecule has 0 N–H and O–H groups in total. The smallest absolute Gasteiger partial charge is 0.257 e. The highest BCUT2D eigenvalue weighted by Crippen LogP contribution is 2.29. The first kappa shape index (κ1) is 12.4. The van der Waals surface area contributed by atoms with E-state index in [2.05, 4.69) is 0 Å². The Hall–Kier alpha value is -1.09. The molecule has 2 nitrogen and oxygen atoms in total. The van der Waals surface area contributed by atoms with Gasteiger partial charge in [-0.1, -0.05) is 18.5 Å². The summed E-state index contributed by atoms with van der Waals surface area (Å²) in [5.41, 5.74) is 0.0813. The van der Waals surface area contributed by atoms with Crippen LogP contribution in [0.3, 0.4) is 0 Å². The number of hydrogen-bond acceptors (Lipinski definition) is 1. The van der Waals surface area contributed by atoms with Gasteiger partial charge in [0.05, 0.1) is 5.56 Å². The summed E-state index contributed by atoms with van der Waals surface area (Å²) in [5, 5.41) is 0.391. The van der Waals surface area contributed by atoms with Crippen LogP contribution in [0.2, 0.25) is 5.02 Å². The van der Waals surface area contributed by atoms with Gasteiger partial charge in [-0.3, -0.25) is 4.79 Å². The largest absolute Gasteiger partial charge is 0.336 e. The molecule has 2 rings (SSSR count). The van der Waals surface area contributed by atoms with Gasteiger partial charge in [-0.15, -0.1) is 0 Å². The topological polar surface area (TPSA) is 20.3 Å². The fourth-order valence-corrected chi connectivity index (χ4v) is 2.07. The van der Waals surface area contributed by atoms with Crippen molar-refractivity contribution in [1.29, 1.82) is 0 Å². The Kier molecular flexibility index (Phi) is 3.67. The predicted octanol–water partition coefficient (Wildman–Crippen LogP) is 3.49. The molecule has 17 heavy (non-hydrogen) atoms. The summed E-state index contributed by atoms with van der Waals surface area (Å²) >= 11 is 5.80. The Morgan fingerprint density at radius 3 is 2.82 bits per heavy atom. The van der Waals surface area contributed by atoms with Gasteiger partial charge in [0.15, 0.2) is 0 Å². The summed E-state index contributed by atoms with van der Waals surface area (Å²) in [4.78, 5) is 14.0. The molecule has 0 atom stereocenters. The van der Waals surface area contributed by atoms with E-state index < -0.39 is 5.82 Å². The molecule has 1 aliphatic rings. The third-order valence-electron chi connectivity index (χ3n) is 2.87. The highest BCUT2D eigenvalue weighted by Gasteiger charge is 2.33. The maximum Gasteiger partial charge on any atom is 0.257 e. The molecular formula is C13H15ClFNO. The molecule has 0 heterocycles. The average molecular weight is 256 g/mol. The lowest BCUT2D eigenvalue weighted by molar-refractivity contribution is 0.0738. The van der Waals surface area contributed by atoms with Gasteiger partial charge in [0.2, 0.25) is 0 Å². The number of carbonyl (C=O) groups is 1. The first-order valence-electron chi connectivity index (χ1n) is 5.89. The monoisotopic (exact) mass is 255 g/mol. The first-order chi connectivity index (χ1) is 8.13. The van der Waals surface area contributed by atoms with Gasteiger partial charge in [-0.25, -0.2) is 4.39 Å². The van der Waals surface area contributed by atoms with Crippen LogP contribution in [-0.4, -0.2) is 23.4 Å². The van der Waals surface area contributed by atoms with Gasteiger partial charge >= 0.3 is 0 Å². The molecule has 92 valence electrons. The van der Waals surface area contributed by atoms with Crippen LogP contribution in [0.1, 0.15) is 36.5 Å². The second-order valence-electron chi connectivity index (χ2n) is 4.35. The van der Waals surface area contributed by atoms with Gasteiger partial charge in [-0.2, -0.15) is 0 Å². The summed E-state index contributed by atoms with van der Waals surface area (Å²) < 4.78 is 13.6. The summed E-state index contributed by atoms with van der Waals surface area (Å²) in [6.07, 6.45) is 2.92. The zero-order valence-corrected chi connectivity index (χ0v) is 10.5. The minimum atomic E-state index is -0.499. The van der Waals surface area contributed by atoms with Crippen molar-refractivity contribution in [2.24, 2.45) is 0 Å². The standard InChI is InChI=1S/C13H15ClFNO/c1-2-7-16(10-4-5-10)13(17)11-8-9(14)3-6-12(11)15/h3,6,8,10H,2,4-5,7H2,1H3. The Morgan fingerprint density at radius 2 is 2.24 bits per heavy atom. The third-order valence-corrected chi connectivity index (χ3v) is 3.11. The number of rotatable bonds is 4. The number of benzene rings is 1. The number of amides is 1. The van der Waals surface area contributed by atoms with Crippen molar-refractivity contribution >= 4 is 17.5 Å². The Labute approximate surface area is 105 Å². The zero-order chi connectivity index (χ0) is 12.4. The quantitative estimate of drug-likeness (QED) is 0.807. The van der Waals surface area contributed by atoms with E-state index in [9.17, 15) is 9.18 Å². The van der Waals surface area contributed by atoms with Gasteiger partial charge in [0.1, 0.15) is 5.82 Å². The Bertz CT molecular complexity index is 431. The lowest BCUT2D eigenvalue weighted by atomic mass is 10.1. The molecule has 1 aliphatic carbocycles. The molecule has 1 fully saturated rings. The third kappa shape index (κ3) is 2.78. The fourth-order valence-electron chi connectivity index (χ4n) is 1.89. The SMILES string of the molecule is CCCN(C(=O)c1cc(Cl)ccc1F)C1CC1. The van der Waals surface area contributed by atoms with Crippen LogP contribution in [0, 0.1) is 5.82 Å². The molecule has 0 spiro atoms. The van der Waals surface area contributed by atoms with E-state index in [0.29, 0.717) is 17.6 Å². The van der Waals surface area contributed by atoms with Crippen molar-refractivity contribution < 1.29 is 9.18 Å². The summed E-state index contributed by atoms with van der Waals surface area (Å²) in [5.74, 6) is -0.740.